The van der Waals surface area contributed by atoms with Crippen LogP contribution in [0.5, 0.6) is 0 Å². The Morgan fingerprint density at radius 2 is 1.84 bits per heavy atom. The van der Waals surface area contributed by atoms with E-state index < -0.39 is 48.1 Å². The third-order valence-electron chi connectivity index (χ3n) is 3.38. The van der Waals surface area contributed by atoms with Gasteiger partial charge in [0.1, 0.15) is 6.10 Å². The summed E-state index contributed by atoms with van der Waals surface area (Å²) in [6.45, 7) is -0.523. The van der Waals surface area contributed by atoms with Crippen molar-refractivity contribution in [2.24, 2.45) is 5.92 Å². The average Bonchev–Trinajstić information content (AvgIpc) is 2.56. The number of halogens is 1. The minimum Gasteiger partial charge on any atom is -0.396 e. The van der Waals surface area contributed by atoms with Gasteiger partial charge in [-0.25, -0.2) is 4.79 Å². The summed E-state index contributed by atoms with van der Waals surface area (Å²) in [6, 6.07) is -1.12. The molecule has 1 heterocycles. The Bertz CT molecular complexity index is 584. The first kappa shape index (κ1) is 14.7. The molecular formula is C10H13IN2O6. The lowest BCUT2D eigenvalue weighted by Crippen LogP contribution is -2.40. The van der Waals surface area contributed by atoms with Crippen molar-refractivity contribution in [3.05, 3.63) is 30.6 Å². The lowest BCUT2D eigenvalue weighted by Gasteiger charge is -2.21. The average molecular weight is 384 g/mol. The predicted octanol–water partition coefficient (Wildman–Crippen LogP) is -2.61. The van der Waals surface area contributed by atoms with Crippen LogP contribution < -0.4 is 11.2 Å². The number of aromatic amines is 1. The number of aliphatic hydroxyl groups is 4. The highest BCUT2D eigenvalue weighted by Gasteiger charge is 2.49. The van der Waals surface area contributed by atoms with Crippen LogP contribution in [-0.2, 0) is 0 Å². The molecule has 2 rings (SSSR count). The number of nitrogens with one attached hydrogen (secondary N) is 1. The summed E-state index contributed by atoms with van der Waals surface area (Å²) in [6.07, 6.45) is -2.85. The lowest BCUT2D eigenvalue weighted by atomic mass is 10.0. The number of aromatic nitrogens is 2. The molecule has 0 aliphatic heterocycles. The standard InChI is InChI=1S/C10H13IN2O6/c11-4-1-13(10(19)12-9(4)18)5-6(15)3(2-14)7(16)8(5)17/h1,3,5-8,14-17H,2H2,(H,12,18,19)/t3-,5+,6+,7?,8?/m0/s1. The molecule has 1 aromatic rings. The van der Waals surface area contributed by atoms with Gasteiger partial charge in [-0.1, -0.05) is 0 Å². The van der Waals surface area contributed by atoms with E-state index in [9.17, 15) is 24.9 Å². The molecular weight excluding hydrogens is 371 g/mol. The highest BCUT2D eigenvalue weighted by molar-refractivity contribution is 14.1. The molecule has 0 amide bonds. The number of rotatable bonds is 2. The molecule has 1 aliphatic carbocycles. The summed E-state index contributed by atoms with van der Waals surface area (Å²) in [5.41, 5.74) is -1.36. The minimum atomic E-state index is -1.41. The largest absolute Gasteiger partial charge is 0.396 e. The van der Waals surface area contributed by atoms with Gasteiger partial charge in [0.15, 0.2) is 0 Å². The zero-order valence-corrected chi connectivity index (χ0v) is 11.8. The Morgan fingerprint density at radius 3 is 2.37 bits per heavy atom. The maximum absolute atomic E-state index is 11.7. The van der Waals surface area contributed by atoms with Crippen LogP contribution in [0.15, 0.2) is 15.8 Å². The van der Waals surface area contributed by atoms with Crippen molar-refractivity contribution in [2.75, 3.05) is 6.61 Å². The summed E-state index contributed by atoms with van der Waals surface area (Å²) >= 11 is 1.71. The van der Waals surface area contributed by atoms with Gasteiger partial charge in [-0.05, 0) is 22.6 Å². The monoisotopic (exact) mass is 384 g/mol. The molecule has 0 aromatic carbocycles. The molecule has 0 saturated heterocycles. The van der Waals surface area contributed by atoms with Crippen molar-refractivity contribution < 1.29 is 20.4 Å². The van der Waals surface area contributed by atoms with Crippen molar-refractivity contribution in [1.29, 1.82) is 0 Å². The highest BCUT2D eigenvalue weighted by Crippen LogP contribution is 2.34. The van der Waals surface area contributed by atoms with Gasteiger partial charge in [0.2, 0.25) is 0 Å². The normalized spacial score (nSPS) is 34.7. The molecule has 0 bridgehead atoms. The summed E-state index contributed by atoms with van der Waals surface area (Å²) in [4.78, 5) is 25.0. The number of H-pyrrole nitrogens is 1. The topological polar surface area (TPSA) is 136 Å². The van der Waals surface area contributed by atoms with Crippen LogP contribution in [0, 0.1) is 9.49 Å². The second-order valence-corrected chi connectivity index (χ2v) is 5.61. The van der Waals surface area contributed by atoms with Crippen LogP contribution in [0.25, 0.3) is 0 Å². The zero-order valence-electron chi connectivity index (χ0n) is 9.60. The van der Waals surface area contributed by atoms with Crippen LogP contribution in [-0.4, -0.2) is 54.9 Å². The summed E-state index contributed by atoms with van der Waals surface area (Å²) in [5, 5.41) is 38.7. The number of hydrogen-bond acceptors (Lipinski definition) is 6. The fraction of sp³-hybridized carbons (Fsp3) is 0.600. The quantitative estimate of drug-likeness (QED) is 0.355. The van der Waals surface area contributed by atoms with Crippen molar-refractivity contribution in [3.8, 4) is 0 Å². The Hall–Kier alpha value is -0.750. The molecule has 5 N–H and O–H groups in total. The lowest BCUT2D eigenvalue weighted by molar-refractivity contribution is -0.00810. The molecule has 8 nitrogen and oxygen atoms in total. The second-order valence-electron chi connectivity index (χ2n) is 4.45. The van der Waals surface area contributed by atoms with Crippen molar-refractivity contribution in [2.45, 2.75) is 24.4 Å². The van der Waals surface area contributed by atoms with E-state index in [1.54, 1.807) is 22.6 Å². The van der Waals surface area contributed by atoms with Gasteiger partial charge < -0.3 is 20.4 Å². The van der Waals surface area contributed by atoms with Crippen molar-refractivity contribution in [3.63, 3.8) is 0 Å². The first-order chi connectivity index (χ1) is 8.88. The predicted molar refractivity (Wildman–Crippen MR) is 71.7 cm³/mol. The molecule has 0 spiro atoms. The fourth-order valence-corrected chi connectivity index (χ4v) is 2.77. The molecule has 1 saturated carbocycles. The van der Waals surface area contributed by atoms with Crippen LogP contribution in [0.2, 0.25) is 0 Å². The smallest absolute Gasteiger partial charge is 0.328 e. The van der Waals surface area contributed by atoms with E-state index >= 15 is 0 Å². The first-order valence-electron chi connectivity index (χ1n) is 5.54. The van der Waals surface area contributed by atoms with Crippen LogP contribution in [0.1, 0.15) is 6.04 Å². The number of hydrogen-bond donors (Lipinski definition) is 5. The van der Waals surface area contributed by atoms with Crippen LogP contribution >= 0.6 is 22.6 Å². The molecule has 1 aromatic heterocycles. The molecule has 106 valence electrons. The zero-order chi connectivity index (χ0) is 14.3. The van der Waals surface area contributed by atoms with Gasteiger partial charge >= 0.3 is 5.69 Å². The van der Waals surface area contributed by atoms with E-state index in [0.29, 0.717) is 0 Å². The van der Waals surface area contributed by atoms with Gasteiger partial charge in [0, 0.05) is 12.1 Å². The van der Waals surface area contributed by atoms with E-state index in [1.807, 2.05) is 0 Å². The number of aliphatic hydroxyl groups excluding tert-OH is 4. The van der Waals surface area contributed by atoms with E-state index in [1.165, 1.54) is 6.20 Å². The maximum atomic E-state index is 11.7. The van der Waals surface area contributed by atoms with Crippen LogP contribution in [0.3, 0.4) is 0 Å². The van der Waals surface area contributed by atoms with Gasteiger partial charge in [-0.2, -0.15) is 0 Å². The fourth-order valence-electron chi connectivity index (χ4n) is 2.34. The SMILES string of the molecule is O=c1[nH]c(=O)n([C@H]2C(O)C(O)[C@@H](CO)[C@H]2O)cc1I. The third kappa shape index (κ3) is 2.36. The summed E-state index contributed by atoms with van der Waals surface area (Å²) in [5.74, 6) is -0.948. The Labute approximate surface area is 120 Å². The molecule has 2 unspecified atom stereocenters. The third-order valence-corrected chi connectivity index (χ3v) is 4.15. The first-order valence-corrected chi connectivity index (χ1v) is 6.62. The Morgan fingerprint density at radius 1 is 1.21 bits per heavy atom. The molecule has 19 heavy (non-hydrogen) atoms. The maximum Gasteiger partial charge on any atom is 0.328 e. The minimum absolute atomic E-state index is 0.207. The van der Waals surface area contributed by atoms with Gasteiger partial charge in [-0.15, -0.1) is 0 Å². The van der Waals surface area contributed by atoms with Gasteiger partial charge in [0.25, 0.3) is 5.56 Å². The van der Waals surface area contributed by atoms with Crippen LogP contribution in [0.4, 0.5) is 0 Å². The van der Waals surface area contributed by atoms with E-state index in [-0.39, 0.29) is 3.57 Å². The second kappa shape index (κ2) is 5.32. The molecule has 5 atom stereocenters. The highest BCUT2D eigenvalue weighted by atomic mass is 127. The Balaban J connectivity index is 2.50. The molecule has 1 aliphatic rings. The van der Waals surface area contributed by atoms with Gasteiger partial charge in [-0.3, -0.25) is 14.3 Å². The molecule has 0 radical (unpaired) electrons. The van der Waals surface area contributed by atoms with Crippen molar-refractivity contribution in [1.82, 2.24) is 9.55 Å². The summed E-state index contributed by atoms with van der Waals surface area (Å²) < 4.78 is 1.18. The molecule has 1 fully saturated rings. The van der Waals surface area contributed by atoms with E-state index in [2.05, 4.69) is 4.98 Å². The summed E-state index contributed by atoms with van der Waals surface area (Å²) in [7, 11) is 0. The van der Waals surface area contributed by atoms with E-state index in [4.69, 9.17) is 5.11 Å². The number of nitrogens with zero attached hydrogens (tertiary/aromatic N) is 1. The Kier molecular flexibility index (Phi) is 4.11. The van der Waals surface area contributed by atoms with Crippen molar-refractivity contribution >= 4 is 22.6 Å². The molecule has 9 heteroatoms. The van der Waals surface area contributed by atoms with E-state index in [0.717, 1.165) is 4.57 Å². The van der Waals surface area contributed by atoms with Gasteiger partial charge in [0.05, 0.1) is 28.4 Å².